The number of hydrogen-bond acceptors (Lipinski definition) is 5. The van der Waals surface area contributed by atoms with E-state index in [2.05, 4.69) is 15.5 Å². The summed E-state index contributed by atoms with van der Waals surface area (Å²) in [6.07, 6.45) is 2.00. The zero-order valence-electron chi connectivity index (χ0n) is 13.1. The van der Waals surface area contributed by atoms with Gasteiger partial charge in [0, 0.05) is 19.6 Å². The standard InChI is InChI=1S/C16H25N3O3/c1-12-4-5-15(22-12)14(19-7-9-21-10-8-19)11-18-16(20)13-3-2-6-17-13/h4-5,13-14,17H,2-3,6-11H2,1H3,(H,18,20). The summed E-state index contributed by atoms with van der Waals surface area (Å²) in [6, 6.07) is 4.02. The van der Waals surface area contributed by atoms with Gasteiger partial charge >= 0.3 is 0 Å². The van der Waals surface area contributed by atoms with Crippen molar-refractivity contribution in [3.05, 3.63) is 23.7 Å². The van der Waals surface area contributed by atoms with E-state index in [9.17, 15) is 4.79 Å². The molecule has 1 aromatic rings. The molecule has 2 aliphatic rings. The molecule has 2 unspecified atom stereocenters. The number of furan rings is 1. The normalized spacial score (nSPS) is 24.3. The van der Waals surface area contributed by atoms with Crippen LogP contribution in [0.25, 0.3) is 0 Å². The summed E-state index contributed by atoms with van der Waals surface area (Å²) >= 11 is 0. The van der Waals surface area contributed by atoms with Crippen LogP contribution in [0.1, 0.15) is 30.4 Å². The number of carbonyl (C=O) groups excluding carboxylic acids is 1. The fraction of sp³-hybridized carbons (Fsp3) is 0.688. The second kappa shape index (κ2) is 7.26. The van der Waals surface area contributed by atoms with E-state index < -0.39 is 0 Å². The largest absolute Gasteiger partial charge is 0.465 e. The van der Waals surface area contributed by atoms with Crippen LogP contribution < -0.4 is 10.6 Å². The zero-order valence-corrected chi connectivity index (χ0v) is 13.1. The van der Waals surface area contributed by atoms with Crippen LogP contribution in [0.5, 0.6) is 0 Å². The molecular weight excluding hydrogens is 282 g/mol. The summed E-state index contributed by atoms with van der Waals surface area (Å²) in [4.78, 5) is 14.5. The van der Waals surface area contributed by atoms with Crippen molar-refractivity contribution in [1.82, 2.24) is 15.5 Å². The second-order valence-corrected chi connectivity index (χ2v) is 6.01. The van der Waals surface area contributed by atoms with E-state index in [1.807, 2.05) is 19.1 Å². The summed E-state index contributed by atoms with van der Waals surface area (Å²) in [5.74, 6) is 1.91. The lowest BCUT2D eigenvalue weighted by Crippen LogP contribution is -2.47. The van der Waals surface area contributed by atoms with Crippen molar-refractivity contribution in [2.75, 3.05) is 39.4 Å². The number of ether oxygens (including phenoxy) is 1. The van der Waals surface area contributed by atoms with Gasteiger partial charge in [-0.05, 0) is 38.4 Å². The number of rotatable bonds is 5. The fourth-order valence-corrected chi connectivity index (χ4v) is 3.16. The Morgan fingerprint density at radius 2 is 2.27 bits per heavy atom. The average Bonchev–Trinajstić information content (AvgIpc) is 3.20. The van der Waals surface area contributed by atoms with E-state index in [0.29, 0.717) is 6.54 Å². The lowest BCUT2D eigenvalue weighted by molar-refractivity contribution is -0.123. The molecule has 2 aliphatic heterocycles. The van der Waals surface area contributed by atoms with Crippen LogP contribution in [-0.2, 0) is 9.53 Å². The molecule has 6 nitrogen and oxygen atoms in total. The van der Waals surface area contributed by atoms with Gasteiger partial charge in [-0.1, -0.05) is 0 Å². The minimum atomic E-state index is -0.0383. The molecule has 2 N–H and O–H groups in total. The molecule has 6 heteroatoms. The molecular formula is C16H25N3O3. The van der Waals surface area contributed by atoms with Crippen LogP contribution in [0.15, 0.2) is 16.5 Å². The summed E-state index contributed by atoms with van der Waals surface area (Å²) in [6.45, 7) is 6.64. The molecule has 0 spiro atoms. The molecule has 0 aliphatic carbocycles. The Morgan fingerprint density at radius 3 is 2.91 bits per heavy atom. The van der Waals surface area contributed by atoms with Gasteiger partial charge in [0.2, 0.25) is 5.91 Å². The number of carbonyl (C=O) groups is 1. The Hall–Kier alpha value is -1.37. The minimum absolute atomic E-state index is 0.0383. The van der Waals surface area contributed by atoms with Gasteiger partial charge in [0.15, 0.2) is 0 Å². The van der Waals surface area contributed by atoms with Crippen molar-refractivity contribution in [2.24, 2.45) is 0 Å². The van der Waals surface area contributed by atoms with Gasteiger partial charge in [0.25, 0.3) is 0 Å². The second-order valence-electron chi connectivity index (χ2n) is 6.01. The topological polar surface area (TPSA) is 66.7 Å². The van der Waals surface area contributed by atoms with Crippen LogP contribution in [0.4, 0.5) is 0 Å². The summed E-state index contributed by atoms with van der Waals surface area (Å²) in [7, 11) is 0. The highest BCUT2D eigenvalue weighted by Crippen LogP contribution is 2.23. The molecule has 3 rings (SSSR count). The molecule has 2 atom stereocenters. The van der Waals surface area contributed by atoms with Crippen LogP contribution in [0, 0.1) is 6.92 Å². The fourth-order valence-electron chi connectivity index (χ4n) is 3.16. The summed E-state index contributed by atoms with van der Waals surface area (Å²) < 4.78 is 11.2. The first-order valence-electron chi connectivity index (χ1n) is 8.13. The van der Waals surface area contributed by atoms with Crippen molar-refractivity contribution >= 4 is 5.91 Å². The number of morpholine rings is 1. The number of amides is 1. The Balaban J connectivity index is 1.63. The number of nitrogens with zero attached hydrogens (tertiary/aromatic N) is 1. The van der Waals surface area contributed by atoms with Crippen LogP contribution in [-0.4, -0.2) is 56.2 Å². The van der Waals surface area contributed by atoms with E-state index in [1.165, 1.54) is 0 Å². The van der Waals surface area contributed by atoms with Crippen LogP contribution >= 0.6 is 0 Å². The van der Waals surface area contributed by atoms with E-state index in [4.69, 9.17) is 9.15 Å². The van der Waals surface area contributed by atoms with E-state index in [-0.39, 0.29) is 18.0 Å². The van der Waals surface area contributed by atoms with Crippen molar-refractivity contribution in [3.8, 4) is 0 Å². The maximum absolute atomic E-state index is 12.2. The maximum atomic E-state index is 12.2. The molecule has 2 fully saturated rings. The molecule has 1 aromatic heterocycles. The molecule has 2 saturated heterocycles. The molecule has 122 valence electrons. The molecule has 0 aromatic carbocycles. The van der Waals surface area contributed by atoms with E-state index in [0.717, 1.165) is 57.2 Å². The quantitative estimate of drug-likeness (QED) is 0.843. The summed E-state index contributed by atoms with van der Waals surface area (Å²) in [5, 5.41) is 6.32. The third-order valence-corrected chi connectivity index (χ3v) is 4.42. The monoisotopic (exact) mass is 307 g/mol. The van der Waals surface area contributed by atoms with Crippen LogP contribution in [0.3, 0.4) is 0 Å². The predicted molar refractivity (Wildman–Crippen MR) is 82.6 cm³/mol. The molecule has 0 radical (unpaired) electrons. The number of hydrogen-bond donors (Lipinski definition) is 2. The van der Waals surface area contributed by atoms with Crippen molar-refractivity contribution in [2.45, 2.75) is 31.8 Å². The SMILES string of the molecule is Cc1ccc(C(CNC(=O)C2CCCN2)N2CCOCC2)o1. The smallest absolute Gasteiger partial charge is 0.237 e. The zero-order chi connectivity index (χ0) is 15.4. The van der Waals surface area contributed by atoms with Gasteiger partial charge in [-0.25, -0.2) is 0 Å². The lowest BCUT2D eigenvalue weighted by atomic mass is 10.1. The number of aryl methyl sites for hydroxylation is 1. The third kappa shape index (κ3) is 3.69. The summed E-state index contributed by atoms with van der Waals surface area (Å²) in [5.41, 5.74) is 0. The first-order chi connectivity index (χ1) is 10.7. The van der Waals surface area contributed by atoms with Gasteiger partial charge in [-0.2, -0.15) is 0 Å². The van der Waals surface area contributed by atoms with Crippen molar-refractivity contribution < 1.29 is 13.9 Å². The Kier molecular flexibility index (Phi) is 5.12. The molecule has 22 heavy (non-hydrogen) atoms. The van der Waals surface area contributed by atoms with Gasteiger partial charge < -0.3 is 19.8 Å². The average molecular weight is 307 g/mol. The highest BCUT2D eigenvalue weighted by molar-refractivity contribution is 5.82. The molecule has 0 bridgehead atoms. The number of nitrogens with one attached hydrogen (secondary N) is 2. The van der Waals surface area contributed by atoms with Crippen molar-refractivity contribution in [3.63, 3.8) is 0 Å². The van der Waals surface area contributed by atoms with Gasteiger partial charge in [-0.15, -0.1) is 0 Å². The van der Waals surface area contributed by atoms with Crippen molar-refractivity contribution in [1.29, 1.82) is 0 Å². The third-order valence-electron chi connectivity index (χ3n) is 4.42. The highest BCUT2D eigenvalue weighted by atomic mass is 16.5. The predicted octanol–water partition coefficient (Wildman–Crippen LogP) is 0.830. The Labute approximate surface area is 131 Å². The maximum Gasteiger partial charge on any atom is 0.237 e. The molecule has 3 heterocycles. The van der Waals surface area contributed by atoms with Gasteiger partial charge in [-0.3, -0.25) is 9.69 Å². The highest BCUT2D eigenvalue weighted by Gasteiger charge is 2.27. The first-order valence-corrected chi connectivity index (χ1v) is 8.13. The lowest BCUT2D eigenvalue weighted by Gasteiger charge is -2.33. The Bertz CT molecular complexity index is 491. The van der Waals surface area contributed by atoms with Gasteiger partial charge in [0.1, 0.15) is 11.5 Å². The first kappa shape index (κ1) is 15.5. The Morgan fingerprint density at radius 1 is 1.45 bits per heavy atom. The molecule has 0 saturated carbocycles. The minimum Gasteiger partial charge on any atom is -0.465 e. The van der Waals surface area contributed by atoms with Crippen LogP contribution in [0.2, 0.25) is 0 Å². The van der Waals surface area contributed by atoms with E-state index >= 15 is 0 Å². The van der Waals surface area contributed by atoms with E-state index in [1.54, 1.807) is 0 Å². The molecule has 1 amide bonds. The van der Waals surface area contributed by atoms with Gasteiger partial charge in [0.05, 0.1) is 25.3 Å².